The van der Waals surface area contributed by atoms with Gasteiger partial charge in [0.25, 0.3) is 0 Å². The topological polar surface area (TPSA) is 119 Å². The van der Waals surface area contributed by atoms with Crippen LogP contribution in [0.2, 0.25) is 10.0 Å². The summed E-state index contributed by atoms with van der Waals surface area (Å²) in [4.78, 5) is 14.1. The first-order chi connectivity index (χ1) is 19.9. The number of aromatic amines is 1. The standard InChI is InChI=1S/C30H27Cl2F2N7O/c1-29(2,3)14-23-30(15-35,20-11-10-17(31)13-22(20)33)24(19-8-5-9-21(32)25(19)34)26(37-23)28(42)36-18-7-4-6-16(12-18)27-38-40-41-39-27/h4-13,23-24,26,37H,14H2,1-3H3,(H,36,42)(H,38,39,40,41)/t23-,24-,26+,30-/m1/s1. The lowest BCUT2D eigenvalue weighted by atomic mass is 9.62. The van der Waals surface area contributed by atoms with Crippen molar-refractivity contribution in [2.45, 2.75) is 50.6 Å². The predicted octanol–water partition coefficient (Wildman–Crippen LogP) is 6.41. The third-order valence-corrected chi connectivity index (χ3v) is 7.99. The highest BCUT2D eigenvalue weighted by atomic mass is 35.5. The third kappa shape index (κ3) is 5.48. The van der Waals surface area contributed by atoms with Gasteiger partial charge >= 0.3 is 0 Å². The number of carbonyl (C=O) groups is 1. The van der Waals surface area contributed by atoms with E-state index in [4.69, 9.17) is 23.2 Å². The number of nitrogens with one attached hydrogen (secondary N) is 3. The van der Waals surface area contributed by atoms with Crippen molar-refractivity contribution in [1.82, 2.24) is 25.9 Å². The Labute approximate surface area is 251 Å². The van der Waals surface area contributed by atoms with E-state index in [2.05, 4.69) is 37.3 Å². The summed E-state index contributed by atoms with van der Waals surface area (Å²) in [7, 11) is 0. The van der Waals surface area contributed by atoms with Gasteiger partial charge in [-0.15, -0.1) is 10.2 Å². The molecule has 0 unspecified atom stereocenters. The summed E-state index contributed by atoms with van der Waals surface area (Å²) in [6.45, 7) is 5.92. The number of anilines is 1. The molecule has 216 valence electrons. The molecule has 5 rings (SSSR count). The van der Waals surface area contributed by atoms with Gasteiger partial charge in [0.2, 0.25) is 11.7 Å². The number of aromatic nitrogens is 4. The summed E-state index contributed by atoms with van der Waals surface area (Å²) >= 11 is 12.3. The zero-order chi connectivity index (χ0) is 30.2. The van der Waals surface area contributed by atoms with Gasteiger partial charge in [-0.25, -0.2) is 8.78 Å². The quantitative estimate of drug-likeness (QED) is 0.232. The number of nitrogens with zero attached hydrogens (tertiary/aromatic N) is 4. The number of rotatable bonds is 6. The van der Waals surface area contributed by atoms with Crippen LogP contribution >= 0.6 is 23.2 Å². The monoisotopic (exact) mass is 609 g/mol. The van der Waals surface area contributed by atoms with E-state index >= 15 is 8.78 Å². The van der Waals surface area contributed by atoms with Crippen LogP contribution in [0.4, 0.5) is 14.5 Å². The fourth-order valence-electron chi connectivity index (χ4n) is 5.80. The SMILES string of the molecule is CC(C)(C)C[C@H]1N[C@H](C(=O)Nc2cccc(-c3nn[nH]n3)c2)[C@@H](c2cccc(Cl)c2F)[C@]1(C#N)c1ccc(Cl)cc1F. The molecule has 3 N–H and O–H groups in total. The molecule has 0 saturated carbocycles. The maximum atomic E-state index is 15.8. The first-order valence-corrected chi connectivity index (χ1v) is 13.9. The van der Waals surface area contributed by atoms with E-state index in [0.29, 0.717) is 23.5 Å². The molecular weight excluding hydrogens is 583 g/mol. The third-order valence-electron chi connectivity index (χ3n) is 7.47. The van der Waals surface area contributed by atoms with Gasteiger partial charge in [-0.1, -0.05) is 74.3 Å². The molecule has 1 fully saturated rings. The van der Waals surface area contributed by atoms with Gasteiger partial charge in [-0.05, 0) is 52.9 Å². The second-order valence-corrected chi connectivity index (χ2v) is 12.3. The molecule has 0 spiro atoms. The Bertz CT molecular complexity index is 1670. The summed E-state index contributed by atoms with van der Waals surface area (Å²) in [5, 5.41) is 31.0. The number of halogens is 4. The van der Waals surface area contributed by atoms with Crippen molar-refractivity contribution in [3.8, 4) is 17.5 Å². The lowest BCUT2D eigenvalue weighted by Gasteiger charge is -2.37. The molecule has 4 atom stereocenters. The van der Waals surface area contributed by atoms with Gasteiger partial charge in [0, 0.05) is 33.8 Å². The van der Waals surface area contributed by atoms with Crippen molar-refractivity contribution in [3.05, 3.63) is 93.5 Å². The molecule has 0 bridgehead atoms. The van der Waals surface area contributed by atoms with E-state index in [1.54, 1.807) is 30.3 Å². The number of nitriles is 1. The summed E-state index contributed by atoms with van der Waals surface area (Å²) in [6.07, 6.45) is 0.360. The molecule has 1 aliphatic rings. The zero-order valence-corrected chi connectivity index (χ0v) is 24.4. The van der Waals surface area contributed by atoms with E-state index in [1.165, 1.54) is 24.3 Å². The molecular formula is C30H27Cl2F2N7O. The van der Waals surface area contributed by atoms with Crippen molar-refractivity contribution in [1.29, 1.82) is 5.26 Å². The number of hydrogen-bond acceptors (Lipinski definition) is 6. The van der Waals surface area contributed by atoms with Gasteiger partial charge in [0.05, 0.1) is 17.1 Å². The van der Waals surface area contributed by atoms with Crippen LogP contribution in [0.5, 0.6) is 0 Å². The van der Waals surface area contributed by atoms with Crippen molar-refractivity contribution >= 4 is 34.8 Å². The minimum Gasteiger partial charge on any atom is -0.325 e. The normalized spacial score (nSPS) is 22.1. The van der Waals surface area contributed by atoms with E-state index in [0.717, 1.165) is 6.07 Å². The number of carbonyl (C=O) groups excluding carboxylic acids is 1. The Kier molecular flexibility index (Phi) is 8.03. The summed E-state index contributed by atoms with van der Waals surface area (Å²) in [5.41, 5.74) is -1.04. The van der Waals surface area contributed by atoms with Gasteiger partial charge in [0.1, 0.15) is 17.0 Å². The van der Waals surface area contributed by atoms with E-state index in [9.17, 15) is 10.1 Å². The second-order valence-electron chi connectivity index (χ2n) is 11.5. The van der Waals surface area contributed by atoms with Crippen LogP contribution in [0.3, 0.4) is 0 Å². The smallest absolute Gasteiger partial charge is 0.242 e. The van der Waals surface area contributed by atoms with Crippen molar-refractivity contribution < 1.29 is 13.6 Å². The minimum atomic E-state index is -1.72. The van der Waals surface area contributed by atoms with Crippen LogP contribution < -0.4 is 10.6 Å². The summed E-state index contributed by atoms with van der Waals surface area (Å²) in [5.74, 6) is -2.91. The molecule has 1 amide bonds. The molecule has 4 aromatic rings. The van der Waals surface area contributed by atoms with Gasteiger partial charge in [0.15, 0.2) is 0 Å². The highest BCUT2D eigenvalue weighted by molar-refractivity contribution is 6.31. The van der Waals surface area contributed by atoms with Crippen LogP contribution in [-0.4, -0.2) is 38.6 Å². The van der Waals surface area contributed by atoms with Crippen LogP contribution in [0.1, 0.15) is 44.2 Å². The average Bonchev–Trinajstić information content (AvgIpc) is 3.57. The molecule has 42 heavy (non-hydrogen) atoms. The Morgan fingerprint density at radius 1 is 1.12 bits per heavy atom. The molecule has 2 heterocycles. The summed E-state index contributed by atoms with van der Waals surface area (Å²) in [6, 6.07) is 15.6. The van der Waals surface area contributed by atoms with Crippen molar-refractivity contribution in [2.24, 2.45) is 5.41 Å². The lowest BCUT2D eigenvalue weighted by molar-refractivity contribution is -0.118. The molecule has 1 aliphatic heterocycles. The molecule has 1 saturated heterocycles. The van der Waals surface area contributed by atoms with E-state index in [-0.39, 0.29) is 26.6 Å². The Balaban J connectivity index is 1.67. The highest BCUT2D eigenvalue weighted by Gasteiger charge is 2.61. The molecule has 12 heteroatoms. The van der Waals surface area contributed by atoms with Crippen LogP contribution in [0, 0.1) is 28.4 Å². The van der Waals surface area contributed by atoms with E-state index in [1.807, 2.05) is 20.8 Å². The molecule has 8 nitrogen and oxygen atoms in total. The van der Waals surface area contributed by atoms with Crippen LogP contribution in [0.25, 0.3) is 11.4 Å². The zero-order valence-electron chi connectivity index (χ0n) is 22.9. The van der Waals surface area contributed by atoms with Crippen LogP contribution in [-0.2, 0) is 10.2 Å². The highest BCUT2D eigenvalue weighted by Crippen LogP contribution is 2.52. The lowest BCUT2D eigenvalue weighted by Crippen LogP contribution is -2.45. The van der Waals surface area contributed by atoms with Crippen molar-refractivity contribution in [2.75, 3.05) is 5.32 Å². The first kappa shape index (κ1) is 29.6. The number of tetrazole rings is 1. The fraction of sp³-hybridized carbons (Fsp3) is 0.300. The number of hydrogen-bond donors (Lipinski definition) is 3. The first-order valence-electron chi connectivity index (χ1n) is 13.2. The predicted molar refractivity (Wildman–Crippen MR) is 156 cm³/mol. The Morgan fingerprint density at radius 3 is 2.55 bits per heavy atom. The van der Waals surface area contributed by atoms with Crippen molar-refractivity contribution in [3.63, 3.8) is 0 Å². The van der Waals surface area contributed by atoms with Gasteiger partial charge in [-0.2, -0.15) is 10.5 Å². The molecule has 0 radical (unpaired) electrons. The largest absolute Gasteiger partial charge is 0.325 e. The Morgan fingerprint density at radius 2 is 1.88 bits per heavy atom. The maximum absolute atomic E-state index is 15.8. The number of benzene rings is 3. The molecule has 1 aromatic heterocycles. The maximum Gasteiger partial charge on any atom is 0.242 e. The van der Waals surface area contributed by atoms with Gasteiger partial charge in [-0.3, -0.25) is 4.79 Å². The minimum absolute atomic E-state index is 0.00919. The van der Waals surface area contributed by atoms with Gasteiger partial charge < -0.3 is 10.6 Å². The van der Waals surface area contributed by atoms with Crippen LogP contribution in [0.15, 0.2) is 60.7 Å². The fourth-order valence-corrected chi connectivity index (χ4v) is 6.14. The summed E-state index contributed by atoms with van der Waals surface area (Å²) < 4.78 is 31.6. The molecule has 3 aromatic carbocycles. The average molecular weight is 610 g/mol. The second kappa shape index (κ2) is 11.4. The number of H-pyrrole nitrogens is 1. The molecule has 0 aliphatic carbocycles. The van der Waals surface area contributed by atoms with E-state index < -0.39 is 41.0 Å². The number of amides is 1. The Hall–Kier alpha value is -3.91.